The van der Waals surface area contributed by atoms with Crippen LogP contribution in [0.15, 0.2) is 0 Å². The van der Waals surface area contributed by atoms with Gasteiger partial charge in [-0.05, 0) is 45.2 Å². The second kappa shape index (κ2) is 6.82. The van der Waals surface area contributed by atoms with Crippen LogP contribution in [0.5, 0.6) is 0 Å². The third-order valence-electron chi connectivity index (χ3n) is 4.11. The van der Waals surface area contributed by atoms with Gasteiger partial charge in [0.1, 0.15) is 11.3 Å². The van der Waals surface area contributed by atoms with Crippen LogP contribution in [0.3, 0.4) is 0 Å². The smallest absolute Gasteiger partial charge is 0.412 e. The van der Waals surface area contributed by atoms with Crippen LogP contribution in [0.1, 0.15) is 54.4 Å². The standard InChI is InChI=1S/C17H32N2O3Si/c1-15(2,3)13-11-17(9-10-18,22-23(7)8)19(12-13)14(20)21-16(4,5)6/h13,23H,9,11-12H2,1-8H3/t13-,17-/m0/s1. The van der Waals surface area contributed by atoms with Crippen molar-refractivity contribution in [3.63, 3.8) is 0 Å². The lowest BCUT2D eigenvalue weighted by atomic mass is 9.79. The van der Waals surface area contributed by atoms with E-state index in [4.69, 9.17) is 9.16 Å². The topological polar surface area (TPSA) is 62.6 Å². The summed E-state index contributed by atoms with van der Waals surface area (Å²) in [4.78, 5) is 14.4. The van der Waals surface area contributed by atoms with Crippen molar-refractivity contribution in [3.05, 3.63) is 0 Å². The van der Waals surface area contributed by atoms with Gasteiger partial charge in [0, 0.05) is 13.0 Å². The Balaban J connectivity index is 3.18. The number of hydrogen-bond donors (Lipinski definition) is 0. The van der Waals surface area contributed by atoms with Crippen molar-refractivity contribution >= 4 is 15.1 Å². The number of carbonyl (C=O) groups is 1. The molecule has 0 radical (unpaired) electrons. The van der Waals surface area contributed by atoms with Gasteiger partial charge in [-0.15, -0.1) is 0 Å². The van der Waals surface area contributed by atoms with Crippen LogP contribution in [-0.2, 0) is 9.16 Å². The molecule has 132 valence electrons. The molecule has 0 bridgehead atoms. The normalized spacial score (nSPS) is 25.6. The van der Waals surface area contributed by atoms with E-state index in [0.29, 0.717) is 13.0 Å². The molecule has 0 aliphatic carbocycles. The average Bonchev–Trinajstić information content (AvgIpc) is 2.65. The Kier molecular flexibility index (Phi) is 5.92. The first-order valence-electron chi connectivity index (χ1n) is 8.36. The maximum atomic E-state index is 12.7. The van der Waals surface area contributed by atoms with Crippen molar-refractivity contribution in [1.29, 1.82) is 5.26 Å². The van der Waals surface area contributed by atoms with E-state index >= 15 is 0 Å². The number of likely N-dealkylation sites (tertiary alicyclic amines) is 1. The molecule has 1 fully saturated rings. The summed E-state index contributed by atoms with van der Waals surface area (Å²) in [6.07, 6.45) is 0.493. The zero-order chi connectivity index (χ0) is 18.1. The SMILES string of the molecule is C[SiH](C)O[C@@]1(CC#N)C[C@H](C(C)(C)C)CN1C(=O)OC(C)(C)C. The van der Waals surface area contributed by atoms with Gasteiger partial charge in [-0.2, -0.15) is 5.26 Å². The lowest BCUT2D eigenvalue weighted by Gasteiger charge is -2.39. The van der Waals surface area contributed by atoms with Crippen LogP contribution in [0.25, 0.3) is 0 Å². The molecule has 0 aromatic rings. The van der Waals surface area contributed by atoms with Crippen LogP contribution >= 0.6 is 0 Å². The Hall–Kier alpha value is -1.06. The Morgan fingerprint density at radius 3 is 2.26 bits per heavy atom. The van der Waals surface area contributed by atoms with E-state index in [1.165, 1.54) is 0 Å². The van der Waals surface area contributed by atoms with Gasteiger partial charge in [-0.1, -0.05) is 20.8 Å². The molecular formula is C17H32N2O3Si. The van der Waals surface area contributed by atoms with Crippen molar-refractivity contribution in [2.24, 2.45) is 11.3 Å². The largest absolute Gasteiger partial charge is 0.444 e. The Morgan fingerprint density at radius 1 is 1.30 bits per heavy atom. The minimum atomic E-state index is -1.44. The highest BCUT2D eigenvalue weighted by Gasteiger charge is 2.53. The first kappa shape index (κ1) is 20.0. The first-order valence-corrected chi connectivity index (χ1v) is 11.1. The molecule has 23 heavy (non-hydrogen) atoms. The molecule has 5 nitrogen and oxygen atoms in total. The molecule has 1 aliphatic heterocycles. The zero-order valence-electron chi connectivity index (χ0n) is 15.9. The fourth-order valence-corrected chi connectivity index (χ4v) is 4.15. The highest BCUT2D eigenvalue weighted by atomic mass is 28.3. The van der Waals surface area contributed by atoms with E-state index < -0.39 is 20.4 Å². The maximum Gasteiger partial charge on any atom is 0.412 e. The van der Waals surface area contributed by atoms with Crippen LogP contribution in [0, 0.1) is 22.7 Å². The van der Waals surface area contributed by atoms with Crippen molar-refractivity contribution in [1.82, 2.24) is 4.90 Å². The number of rotatable bonds is 3. The monoisotopic (exact) mass is 340 g/mol. The molecule has 1 heterocycles. The molecule has 0 N–H and O–H groups in total. The summed E-state index contributed by atoms with van der Waals surface area (Å²) >= 11 is 0. The molecule has 1 saturated heterocycles. The second-order valence-electron chi connectivity index (χ2n) is 8.81. The van der Waals surface area contributed by atoms with Crippen molar-refractivity contribution in [3.8, 4) is 6.07 Å². The first-order chi connectivity index (χ1) is 10.3. The maximum absolute atomic E-state index is 12.7. The van der Waals surface area contributed by atoms with Crippen LogP contribution in [0.2, 0.25) is 13.1 Å². The number of nitrogens with zero attached hydrogens (tertiary/aromatic N) is 2. The lowest BCUT2D eigenvalue weighted by Crippen LogP contribution is -2.52. The van der Waals surface area contributed by atoms with Crippen molar-refractivity contribution < 1.29 is 14.0 Å². The van der Waals surface area contributed by atoms with E-state index in [0.717, 1.165) is 0 Å². The predicted molar refractivity (Wildman–Crippen MR) is 93.4 cm³/mol. The number of nitriles is 1. The van der Waals surface area contributed by atoms with Gasteiger partial charge in [-0.25, -0.2) is 4.79 Å². The Labute approximate surface area is 142 Å². The number of carbonyl (C=O) groups excluding carboxylic acids is 1. The Morgan fingerprint density at radius 2 is 1.87 bits per heavy atom. The van der Waals surface area contributed by atoms with Gasteiger partial charge in [0.25, 0.3) is 0 Å². The molecular weight excluding hydrogens is 308 g/mol. The summed E-state index contributed by atoms with van der Waals surface area (Å²) in [5.41, 5.74) is -1.36. The quantitative estimate of drug-likeness (QED) is 0.731. The van der Waals surface area contributed by atoms with Crippen LogP contribution in [-0.4, -0.2) is 37.9 Å². The number of amides is 1. The minimum absolute atomic E-state index is 0.0410. The molecule has 0 unspecified atom stereocenters. The number of ether oxygens (including phenoxy) is 1. The van der Waals surface area contributed by atoms with Crippen molar-refractivity contribution in [2.45, 2.75) is 78.8 Å². The summed E-state index contributed by atoms with van der Waals surface area (Å²) in [5, 5.41) is 9.33. The number of hydrogen-bond acceptors (Lipinski definition) is 4. The zero-order valence-corrected chi connectivity index (χ0v) is 17.0. The molecule has 1 rings (SSSR count). The highest BCUT2D eigenvalue weighted by Crippen LogP contribution is 2.45. The summed E-state index contributed by atoms with van der Waals surface area (Å²) in [5.74, 6) is 0.274. The Bertz CT molecular complexity index is 474. The van der Waals surface area contributed by atoms with Crippen molar-refractivity contribution in [2.75, 3.05) is 6.54 Å². The molecule has 1 aliphatic rings. The van der Waals surface area contributed by atoms with Gasteiger partial charge >= 0.3 is 6.09 Å². The second-order valence-corrected chi connectivity index (χ2v) is 11.1. The van der Waals surface area contributed by atoms with E-state index in [1.54, 1.807) is 4.90 Å². The van der Waals surface area contributed by atoms with Gasteiger partial charge in [0.2, 0.25) is 0 Å². The predicted octanol–water partition coefficient (Wildman–Crippen LogP) is 3.90. The van der Waals surface area contributed by atoms with E-state index in [9.17, 15) is 10.1 Å². The average molecular weight is 341 g/mol. The molecule has 0 aromatic heterocycles. The minimum Gasteiger partial charge on any atom is -0.444 e. The molecule has 2 atom stereocenters. The molecule has 0 saturated carbocycles. The summed E-state index contributed by atoms with van der Waals surface area (Å²) in [6, 6.07) is 2.22. The van der Waals surface area contributed by atoms with E-state index in [1.807, 2.05) is 20.8 Å². The highest BCUT2D eigenvalue weighted by molar-refractivity contribution is 6.48. The lowest BCUT2D eigenvalue weighted by molar-refractivity contribution is -0.0651. The van der Waals surface area contributed by atoms with Crippen LogP contribution < -0.4 is 0 Å². The molecule has 0 aromatic carbocycles. The molecule has 6 heteroatoms. The summed E-state index contributed by atoms with van der Waals surface area (Å²) < 4.78 is 11.8. The van der Waals surface area contributed by atoms with E-state index in [2.05, 4.69) is 39.9 Å². The van der Waals surface area contributed by atoms with Gasteiger partial charge < -0.3 is 9.16 Å². The fourth-order valence-electron chi connectivity index (χ4n) is 2.97. The third-order valence-corrected chi connectivity index (χ3v) is 5.02. The van der Waals surface area contributed by atoms with Gasteiger partial charge in [-0.3, -0.25) is 4.90 Å². The van der Waals surface area contributed by atoms with E-state index in [-0.39, 0.29) is 23.8 Å². The fraction of sp³-hybridized carbons (Fsp3) is 0.882. The molecule has 1 amide bonds. The van der Waals surface area contributed by atoms with Crippen LogP contribution in [0.4, 0.5) is 4.79 Å². The molecule has 0 spiro atoms. The summed E-state index contributed by atoms with van der Waals surface area (Å²) in [7, 11) is -1.44. The summed E-state index contributed by atoms with van der Waals surface area (Å²) in [6.45, 7) is 16.8. The van der Waals surface area contributed by atoms with Gasteiger partial charge in [0.05, 0.1) is 12.5 Å². The third kappa shape index (κ3) is 5.22. The van der Waals surface area contributed by atoms with Gasteiger partial charge in [0.15, 0.2) is 9.04 Å².